The van der Waals surface area contributed by atoms with Crippen LogP contribution in [-0.2, 0) is 21.4 Å². The summed E-state index contributed by atoms with van der Waals surface area (Å²) in [5, 5.41) is 2.82. The lowest BCUT2D eigenvalue weighted by Gasteiger charge is -2.20. The van der Waals surface area contributed by atoms with E-state index in [9.17, 15) is 13.2 Å². The Bertz CT molecular complexity index is 904. The molecule has 2 rings (SSSR count). The first-order valence-corrected chi connectivity index (χ1v) is 10.1. The topological polar surface area (TPSA) is 69.7 Å². The summed E-state index contributed by atoms with van der Waals surface area (Å²) >= 11 is 0. The molecule has 0 saturated heterocycles. The highest BCUT2D eigenvalue weighted by Crippen LogP contribution is 2.19. The molecule has 0 bridgehead atoms. The molecular weight excluding hydrogens is 362 g/mol. The van der Waals surface area contributed by atoms with Crippen LogP contribution in [0.5, 0.6) is 0 Å². The maximum atomic E-state index is 12.4. The fraction of sp³-hybridized carbons (Fsp3) is 0.350. The zero-order chi connectivity index (χ0) is 20.2. The maximum Gasteiger partial charge on any atom is 0.242 e. The van der Waals surface area contributed by atoms with Crippen molar-refractivity contribution in [1.82, 2.24) is 9.62 Å². The van der Waals surface area contributed by atoms with Gasteiger partial charge in [-0.25, -0.2) is 12.7 Å². The van der Waals surface area contributed by atoms with Crippen molar-refractivity contribution in [3.8, 4) is 0 Å². The Labute approximate surface area is 161 Å². The zero-order valence-corrected chi connectivity index (χ0v) is 17.3. The molecule has 2 aromatic carbocycles. The smallest absolute Gasteiger partial charge is 0.242 e. The molecule has 0 saturated carbocycles. The number of hydrogen-bond donors (Lipinski definition) is 1. The molecule has 0 unspecified atom stereocenters. The molecule has 6 nitrogen and oxygen atoms in total. The molecule has 0 spiro atoms. The van der Waals surface area contributed by atoms with Crippen LogP contribution in [0.1, 0.15) is 16.7 Å². The van der Waals surface area contributed by atoms with E-state index in [4.69, 9.17) is 0 Å². The fourth-order valence-electron chi connectivity index (χ4n) is 2.83. The van der Waals surface area contributed by atoms with Crippen LogP contribution in [0.3, 0.4) is 0 Å². The van der Waals surface area contributed by atoms with Gasteiger partial charge in [0.05, 0.1) is 11.4 Å². The second-order valence-electron chi connectivity index (χ2n) is 6.87. The van der Waals surface area contributed by atoms with Gasteiger partial charge in [0, 0.05) is 33.4 Å². The van der Waals surface area contributed by atoms with Gasteiger partial charge >= 0.3 is 0 Å². The number of likely N-dealkylation sites (N-methyl/N-ethyl adjacent to an activating group) is 1. The molecular formula is C20H27N3O3S. The van der Waals surface area contributed by atoms with Crippen molar-refractivity contribution >= 4 is 21.6 Å². The number of nitrogens with zero attached hydrogens (tertiary/aromatic N) is 2. The lowest BCUT2D eigenvalue weighted by Crippen LogP contribution is -2.35. The first-order chi connectivity index (χ1) is 12.6. The van der Waals surface area contributed by atoms with Gasteiger partial charge in [-0.15, -0.1) is 0 Å². The highest BCUT2D eigenvalue weighted by molar-refractivity contribution is 7.89. The summed E-state index contributed by atoms with van der Waals surface area (Å²) < 4.78 is 26.0. The Hall–Kier alpha value is -2.38. The quantitative estimate of drug-likeness (QED) is 0.789. The van der Waals surface area contributed by atoms with Crippen molar-refractivity contribution < 1.29 is 13.2 Å². The molecule has 7 heteroatoms. The van der Waals surface area contributed by atoms with E-state index < -0.39 is 10.0 Å². The van der Waals surface area contributed by atoms with Crippen LogP contribution >= 0.6 is 0 Å². The molecule has 0 aliphatic carbocycles. The van der Waals surface area contributed by atoms with Gasteiger partial charge in [-0.2, -0.15) is 0 Å². The number of carbonyl (C=O) groups is 1. The largest absolute Gasteiger partial charge is 0.365 e. The van der Waals surface area contributed by atoms with Crippen molar-refractivity contribution in [3.63, 3.8) is 0 Å². The number of sulfonamides is 1. The second kappa shape index (κ2) is 8.54. The number of anilines is 1. The predicted octanol–water partition coefficient (Wildman–Crippen LogP) is 2.31. The SMILES string of the molecule is Cc1cc(C)cc(N(C)CC(=O)NCc2ccccc2S(=O)(=O)N(C)C)c1. The summed E-state index contributed by atoms with van der Waals surface area (Å²) in [5.74, 6) is -0.172. The first kappa shape index (κ1) is 20.9. The van der Waals surface area contributed by atoms with E-state index in [1.54, 1.807) is 24.3 Å². The average molecular weight is 390 g/mol. The molecule has 1 N–H and O–H groups in total. The molecule has 0 aromatic heterocycles. The molecule has 0 heterocycles. The van der Waals surface area contributed by atoms with Crippen LogP contribution in [0.4, 0.5) is 5.69 Å². The number of aryl methyl sites for hydroxylation is 2. The van der Waals surface area contributed by atoms with Crippen LogP contribution in [0.2, 0.25) is 0 Å². The van der Waals surface area contributed by atoms with Gasteiger partial charge < -0.3 is 10.2 Å². The fourth-order valence-corrected chi connectivity index (χ4v) is 3.94. The number of rotatable bonds is 7. The van der Waals surface area contributed by atoms with E-state index in [-0.39, 0.29) is 23.9 Å². The summed E-state index contributed by atoms with van der Waals surface area (Å²) in [7, 11) is 1.28. The number of carbonyl (C=O) groups excluding carboxylic acids is 1. The summed E-state index contributed by atoms with van der Waals surface area (Å²) in [6.45, 7) is 4.38. The molecule has 1 amide bonds. The first-order valence-electron chi connectivity index (χ1n) is 8.68. The average Bonchev–Trinajstić information content (AvgIpc) is 2.59. The Morgan fingerprint density at radius 1 is 1.00 bits per heavy atom. The van der Waals surface area contributed by atoms with Gasteiger partial charge in [-0.3, -0.25) is 4.79 Å². The monoisotopic (exact) mass is 389 g/mol. The number of benzene rings is 2. The molecule has 146 valence electrons. The van der Waals surface area contributed by atoms with Gasteiger partial charge in [-0.05, 0) is 48.7 Å². The van der Waals surface area contributed by atoms with Crippen LogP contribution in [0.25, 0.3) is 0 Å². The van der Waals surface area contributed by atoms with E-state index in [0.29, 0.717) is 5.56 Å². The highest BCUT2D eigenvalue weighted by atomic mass is 32.2. The van der Waals surface area contributed by atoms with Crippen LogP contribution in [0.15, 0.2) is 47.4 Å². The maximum absolute atomic E-state index is 12.4. The minimum absolute atomic E-state index is 0.156. The van der Waals surface area contributed by atoms with Crippen molar-refractivity contribution in [2.45, 2.75) is 25.3 Å². The molecule has 27 heavy (non-hydrogen) atoms. The zero-order valence-electron chi connectivity index (χ0n) is 16.5. The van der Waals surface area contributed by atoms with E-state index in [1.807, 2.05) is 37.9 Å². The lowest BCUT2D eigenvalue weighted by atomic mass is 10.1. The van der Waals surface area contributed by atoms with E-state index in [0.717, 1.165) is 16.8 Å². The number of amides is 1. The Balaban J connectivity index is 2.06. The second-order valence-corrected chi connectivity index (χ2v) is 8.99. The minimum Gasteiger partial charge on any atom is -0.365 e. The molecule has 0 radical (unpaired) electrons. The van der Waals surface area contributed by atoms with Gasteiger partial charge in [0.1, 0.15) is 0 Å². The minimum atomic E-state index is -3.56. The summed E-state index contributed by atoms with van der Waals surface area (Å²) in [4.78, 5) is 14.4. The Kier molecular flexibility index (Phi) is 6.62. The van der Waals surface area contributed by atoms with Crippen molar-refractivity contribution in [2.24, 2.45) is 0 Å². The third kappa shape index (κ3) is 5.30. The third-order valence-electron chi connectivity index (χ3n) is 4.24. The summed E-state index contributed by atoms with van der Waals surface area (Å²) in [6, 6.07) is 12.8. The molecule has 0 fully saturated rings. The van der Waals surface area contributed by atoms with Gasteiger partial charge in [-0.1, -0.05) is 24.3 Å². The predicted molar refractivity (Wildman–Crippen MR) is 108 cm³/mol. The molecule has 0 aliphatic heterocycles. The summed E-state index contributed by atoms with van der Waals surface area (Å²) in [6.07, 6.45) is 0. The van der Waals surface area contributed by atoms with Crippen molar-refractivity contribution in [3.05, 3.63) is 59.2 Å². The van der Waals surface area contributed by atoms with E-state index in [2.05, 4.69) is 11.4 Å². The molecule has 0 aliphatic rings. The van der Waals surface area contributed by atoms with Crippen molar-refractivity contribution in [1.29, 1.82) is 0 Å². The van der Waals surface area contributed by atoms with Gasteiger partial charge in [0.25, 0.3) is 0 Å². The number of nitrogens with one attached hydrogen (secondary N) is 1. The third-order valence-corrected chi connectivity index (χ3v) is 6.15. The summed E-state index contributed by atoms with van der Waals surface area (Å²) in [5.41, 5.74) is 3.81. The van der Waals surface area contributed by atoms with E-state index >= 15 is 0 Å². The van der Waals surface area contributed by atoms with E-state index in [1.165, 1.54) is 18.4 Å². The molecule has 0 atom stereocenters. The van der Waals surface area contributed by atoms with Crippen LogP contribution in [-0.4, -0.2) is 46.3 Å². The molecule has 2 aromatic rings. The Morgan fingerprint density at radius 3 is 2.19 bits per heavy atom. The van der Waals surface area contributed by atoms with Crippen LogP contribution < -0.4 is 10.2 Å². The standard InChI is InChI=1S/C20H27N3O3S/c1-15-10-16(2)12-18(11-15)23(5)14-20(24)21-13-17-8-6-7-9-19(17)27(25,26)22(3)4/h6-12H,13-14H2,1-5H3,(H,21,24). The normalized spacial score (nSPS) is 11.5. The van der Waals surface area contributed by atoms with Gasteiger partial charge in [0.2, 0.25) is 15.9 Å². The Morgan fingerprint density at radius 2 is 1.59 bits per heavy atom. The number of hydrogen-bond acceptors (Lipinski definition) is 4. The van der Waals surface area contributed by atoms with Gasteiger partial charge in [0.15, 0.2) is 0 Å². The lowest BCUT2D eigenvalue weighted by molar-refractivity contribution is -0.119. The van der Waals surface area contributed by atoms with Crippen LogP contribution in [0, 0.1) is 13.8 Å². The highest BCUT2D eigenvalue weighted by Gasteiger charge is 2.20. The van der Waals surface area contributed by atoms with Crippen molar-refractivity contribution in [2.75, 3.05) is 32.6 Å².